The quantitative estimate of drug-likeness (QED) is 0.0675. The third-order valence-electron chi connectivity index (χ3n) is 8.78. The average molecular weight is 1050 g/mol. The maximum atomic E-state index is 5.87. The van der Waals surface area contributed by atoms with E-state index >= 15 is 0 Å². The fourth-order valence-electron chi connectivity index (χ4n) is 6.41. The Kier molecular flexibility index (Phi) is 28.9. The fourth-order valence-corrected chi connectivity index (χ4v) is 23.1. The minimum Gasteiger partial charge on any atom is -0.658 e. The van der Waals surface area contributed by atoms with E-state index < -0.39 is 30.6 Å². The van der Waals surface area contributed by atoms with Crippen LogP contribution in [0.2, 0.25) is 39.3 Å². The van der Waals surface area contributed by atoms with E-state index in [1.54, 1.807) is 0 Å². The summed E-state index contributed by atoms with van der Waals surface area (Å²) in [5.41, 5.74) is 4.42. The zero-order valence-electron chi connectivity index (χ0n) is 37.6. The van der Waals surface area contributed by atoms with Gasteiger partial charge in [0.1, 0.15) is 0 Å². The minimum absolute atomic E-state index is 0. The Bertz CT molecular complexity index is 1770. The predicted octanol–water partition coefficient (Wildman–Crippen LogP) is 14.5. The topological polar surface area (TPSA) is 35.7 Å². The molecule has 0 aromatic heterocycles. The smallest absolute Gasteiger partial charge is 0.167 e. The first kappa shape index (κ1) is 56.0. The van der Waals surface area contributed by atoms with Crippen LogP contribution in [0, 0.1) is 0 Å². The Balaban J connectivity index is 0.000000636. The van der Waals surface area contributed by atoms with Gasteiger partial charge in [-0.25, -0.2) is 0 Å². The molecule has 0 fully saturated rings. The molecule has 0 N–H and O–H groups in total. The molecule has 0 atom stereocenters. The molecule has 0 saturated heterocycles. The fraction of sp³-hybridized carbons (Fsp3) is 0.353. The average Bonchev–Trinajstić information content (AvgIpc) is 3.18. The van der Waals surface area contributed by atoms with Gasteiger partial charge in [-0.05, 0) is 75.8 Å². The van der Waals surface area contributed by atoms with Gasteiger partial charge in [0, 0.05) is 52.2 Å². The predicted molar refractivity (Wildman–Crippen MR) is 271 cm³/mol. The van der Waals surface area contributed by atoms with Gasteiger partial charge in [0.15, 0.2) is 8.24 Å². The molecular weight excluding hydrogens is 981 g/mol. The first-order valence-corrected chi connectivity index (χ1v) is 31.8. The number of allylic oxidation sites excluding steroid dienone is 8. The molecule has 4 aromatic carbocycles. The molecule has 330 valence electrons. The van der Waals surface area contributed by atoms with Crippen molar-refractivity contribution in [1.82, 2.24) is 0 Å². The molecule has 0 bridgehead atoms. The van der Waals surface area contributed by atoms with Crippen LogP contribution in [0.5, 0.6) is 0 Å². The molecule has 0 unspecified atom stereocenters. The molecule has 6 rings (SSSR count). The molecule has 0 heterocycles. The third-order valence-corrected chi connectivity index (χ3v) is 22.5. The van der Waals surface area contributed by atoms with Gasteiger partial charge in [-0.3, -0.25) is 0 Å². The number of hydrogen-bond donors (Lipinski definition) is 0. The van der Waals surface area contributed by atoms with E-state index in [9.17, 15) is 0 Å². The van der Waals surface area contributed by atoms with E-state index in [4.69, 9.17) is 13.9 Å². The maximum Gasteiger partial charge on any atom is 0.167 e. The van der Waals surface area contributed by atoms with E-state index in [2.05, 4.69) is 215 Å². The Labute approximate surface area is 394 Å². The largest absolute Gasteiger partial charge is 0.658 e. The van der Waals surface area contributed by atoms with Gasteiger partial charge in [-0.1, -0.05) is 228 Å². The summed E-state index contributed by atoms with van der Waals surface area (Å²) in [6, 6.07) is 43.7. The molecule has 0 amide bonds. The van der Waals surface area contributed by atoms with Gasteiger partial charge in [0.25, 0.3) is 0 Å². The zero-order valence-corrected chi connectivity index (χ0v) is 44.7. The second-order valence-electron chi connectivity index (χ2n) is 16.2. The molecule has 9 heteroatoms. The summed E-state index contributed by atoms with van der Waals surface area (Å²) >= 11 is 0. The molecule has 2 aliphatic rings. The normalized spacial score (nSPS) is 16.0. The van der Waals surface area contributed by atoms with Gasteiger partial charge in [-0.2, -0.15) is 0 Å². The van der Waals surface area contributed by atoms with E-state index in [-0.39, 0.29) is 39.0 Å². The molecule has 4 aromatic rings. The van der Waals surface area contributed by atoms with E-state index in [1.807, 2.05) is 13.8 Å². The van der Waals surface area contributed by atoms with Gasteiger partial charge < -0.3 is 26.5 Å². The van der Waals surface area contributed by atoms with Crippen molar-refractivity contribution in [2.24, 2.45) is 4.41 Å². The minimum atomic E-state index is -2.45. The van der Waals surface area contributed by atoms with Crippen LogP contribution in [0.4, 0.5) is 0 Å². The molecule has 60 heavy (non-hydrogen) atoms. The maximum absolute atomic E-state index is 5.87. The molecule has 2 aliphatic carbocycles. The second kappa shape index (κ2) is 30.9. The summed E-state index contributed by atoms with van der Waals surface area (Å²) in [5.74, 6) is 0. The van der Waals surface area contributed by atoms with Crippen molar-refractivity contribution in [3.63, 3.8) is 0 Å². The van der Waals surface area contributed by atoms with E-state index in [0.29, 0.717) is 0 Å². The van der Waals surface area contributed by atoms with E-state index in [0.717, 1.165) is 13.2 Å². The van der Waals surface area contributed by atoms with Crippen molar-refractivity contribution >= 4 is 57.3 Å². The van der Waals surface area contributed by atoms with Crippen molar-refractivity contribution in [2.45, 2.75) is 104 Å². The van der Waals surface area contributed by atoms with Crippen LogP contribution in [-0.2, 0) is 43.7 Å². The van der Waals surface area contributed by atoms with Crippen LogP contribution in [0.25, 0.3) is 4.75 Å². The Morgan fingerprint density at radius 1 is 0.467 bits per heavy atom. The Morgan fingerprint density at radius 3 is 0.950 bits per heavy atom. The van der Waals surface area contributed by atoms with Gasteiger partial charge in [-0.15, -0.1) is 7.05 Å². The number of hydrogen-bond acceptors (Lipinski definition) is 2. The van der Waals surface area contributed by atoms with Crippen molar-refractivity contribution in [3.05, 3.63) is 175 Å². The van der Waals surface area contributed by atoms with Crippen molar-refractivity contribution in [3.8, 4) is 0 Å². The monoisotopic (exact) mass is 1050 g/mol. The molecule has 2 radical (unpaired) electrons. The van der Waals surface area contributed by atoms with Crippen LogP contribution in [0.1, 0.15) is 65.2 Å². The summed E-state index contributed by atoms with van der Waals surface area (Å²) < 4.78 is 16.6. The van der Waals surface area contributed by atoms with Crippen LogP contribution in [-0.4, -0.2) is 35.2 Å². The Morgan fingerprint density at radius 2 is 0.733 bits per heavy atom. The molecule has 0 spiro atoms. The van der Waals surface area contributed by atoms with Crippen LogP contribution >= 0.6 is 14.1 Å². The van der Waals surface area contributed by atoms with Crippen molar-refractivity contribution in [2.75, 3.05) is 13.2 Å². The standard InChI is InChI=1S/C31H38N2P2Si2.2C8H12.C4H10O.2Rh/c1-36(2,3)32-34(28-19-11-7-12-20-28,29-21-13-8-14-22-29)27-35(33-37(4,5)6,30-23-15-9-16-24-30)31-25-17-10-18-26-31;2*1-2-4-6-8-7-5-3-1;1-3-5-4-2;;/h7-26H,1-6H3;2*1-2,7-8H,3-6H2;3-4H2,1-2H3;;/q-2;;;;;/b;2*2-1-,8-7-;;;. The summed E-state index contributed by atoms with van der Waals surface area (Å²) in [4.78, 5) is 0. The number of nitrogens with zero attached hydrogens (tertiary/aromatic N) is 2. The number of rotatable bonds is 10. The number of benzene rings is 4. The summed E-state index contributed by atoms with van der Waals surface area (Å²) in [6.45, 7) is 19.7. The van der Waals surface area contributed by atoms with Crippen molar-refractivity contribution in [1.29, 1.82) is 0 Å². The second-order valence-corrected chi connectivity index (χ2v) is 31.9. The molecular formula is C51H72N2OP2Rh2Si2-2. The van der Waals surface area contributed by atoms with Gasteiger partial charge in [0.2, 0.25) is 0 Å². The molecule has 0 saturated carbocycles. The number of ether oxygens (including phenoxy) is 1. The summed E-state index contributed by atoms with van der Waals surface area (Å²) in [6.07, 6.45) is 28.0. The summed E-state index contributed by atoms with van der Waals surface area (Å²) in [5, 5.41) is 5.02. The molecule has 0 aliphatic heterocycles. The SMILES string of the molecule is C1=C\CC/C=C\CC/1.C1=C\CC/C=C\CC/1.CCOCC.C[Si](C)(C)N=P([C-]=P([N-][Si](C)(C)C)(c1ccccc1)c1ccccc1)(c1ccccc1)c1ccccc1.[Rh].[Rh]. The third kappa shape index (κ3) is 20.9. The first-order chi connectivity index (χ1) is 28.0. The van der Waals surface area contributed by atoms with Crippen LogP contribution in [0.3, 0.4) is 0 Å². The van der Waals surface area contributed by atoms with Crippen molar-refractivity contribution < 1.29 is 43.7 Å². The molecule has 3 nitrogen and oxygen atoms in total. The summed E-state index contributed by atoms with van der Waals surface area (Å²) in [7, 11) is -8.73. The first-order valence-electron chi connectivity index (χ1n) is 21.4. The Hall–Kier alpha value is -2.03. The van der Waals surface area contributed by atoms with Gasteiger partial charge in [0.05, 0.1) is 0 Å². The van der Waals surface area contributed by atoms with E-state index in [1.165, 1.54) is 72.6 Å². The zero-order chi connectivity index (χ0) is 42.0. The van der Waals surface area contributed by atoms with Gasteiger partial charge >= 0.3 is 0 Å². The van der Waals surface area contributed by atoms with Crippen LogP contribution < -0.4 is 21.2 Å². The van der Waals surface area contributed by atoms with Crippen LogP contribution in [0.15, 0.2) is 174 Å².